The van der Waals surface area contributed by atoms with Gasteiger partial charge in [0, 0.05) is 24.7 Å². The summed E-state index contributed by atoms with van der Waals surface area (Å²) in [5.74, 6) is -2.12. The highest BCUT2D eigenvalue weighted by atomic mass is 32.1. The molecule has 13 heteroatoms. The molecule has 2 aliphatic heterocycles. The van der Waals surface area contributed by atoms with Gasteiger partial charge in [-0.1, -0.05) is 0 Å². The average molecular weight is 503 g/mol. The van der Waals surface area contributed by atoms with Gasteiger partial charge in [0.2, 0.25) is 11.8 Å². The van der Waals surface area contributed by atoms with Crippen LogP contribution in [-0.4, -0.2) is 75.8 Å². The number of hydrogen-bond donors (Lipinski definition) is 4. The molecule has 9 nitrogen and oxygen atoms in total. The van der Waals surface area contributed by atoms with Crippen LogP contribution in [0, 0.1) is 11.8 Å². The fraction of sp³-hybridized carbons (Fsp3) is 0.571. The second kappa shape index (κ2) is 9.19. The Labute approximate surface area is 198 Å². The molecule has 34 heavy (non-hydrogen) atoms. The van der Waals surface area contributed by atoms with E-state index >= 15 is 0 Å². The Hall–Kier alpha value is -2.64. The van der Waals surface area contributed by atoms with Gasteiger partial charge in [0.1, 0.15) is 11.9 Å². The minimum Gasteiger partial charge on any atom is -0.406 e. The lowest BCUT2D eigenvalue weighted by Gasteiger charge is -2.44. The van der Waals surface area contributed by atoms with Crippen LogP contribution in [-0.2, 0) is 9.59 Å². The number of anilines is 1. The van der Waals surface area contributed by atoms with Crippen LogP contribution in [0.4, 0.5) is 18.9 Å². The molecule has 3 aliphatic rings. The van der Waals surface area contributed by atoms with Crippen molar-refractivity contribution >= 4 is 34.8 Å². The number of hydrogen-bond acceptors (Lipinski definition) is 6. The van der Waals surface area contributed by atoms with Crippen LogP contribution in [0.1, 0.15) is 19.3 Å². The van der Waals surface area contributed by atoms with Crippen LogP contribution in [0.3, 0.4) is 0 Å². The Bertz CT molecular complexity index is 955. The van der Waals surface area contributed by atoms with Gasteiger partial charge in [-0.05, 0) is 55.7 Å². The van der Waals surface area contributed by atoms with Crippen LogP contribution in [0.25, 0.3) is 0 Å². The molecule has 186 valence electrons. The number of piperidine rings is 1. The number of nitrogens with one attached hydrogen (secondary N) is 1. The number of rotatable bonds is 4. The summed E-state index contributed by atoms with van der Waals surface area (Å²) in [5, 5.41) is 24.2. The molecule has 1 aromatic rings. The SMILES string of the molecule is NC(=O)C1CCN(C(=O)C2CC(O)C(O)C3NC(=S)N(c4ccc(OC(F)(F)F)cc4)C23)CC1. The van der Waals surface area contributed by atoms with Crippen molar-refractivity contribution in [1.29, 1.82) is 0 Å². The van der Waals surface area contributed by atoms with E-state index in [1.807, 2.05) is 0 Å². The lowest BCUT2D eigenvalue weighted by atomic mass is 9.76. The largest absolute Gasteiger partial charge is 0.573 e. The summed E-state index contributed by atoms with van der Waals surface area (Å²) >= 11 is 5.42. The molecule has 2 heterocycles. The maximum atomic E-state index is 13.5. The maximum Gasteiger partial charge on any atom is 0.573 e. The van der Waals surface area contributed by atoms with Gasteiger partial charge in [-0.2, -0.15) is 0 Å². The second-order valence-electron chi connectivity index (χ2n) is 8.78. The number of benzene rings is 1. The van der Waals surface area contributed by atoms with Crippen LogP contribution >= 0.6 is 12.2 Å². The number of amides is 2. The standard InChI is InChI=1S/C21H25F3N4O5S/c22-21(23,24)33-12-3-1-11(2-4-12)28-16-13(9-14(29)17(30)15(16)26-20(28)34)19(32)27-7-5-10(6-8-27)18(25)31/h1-4,10,13-17,29-30H,5-9H2,(H2,25,31)(H,26,34). The van der Waals surface area contributed by atoms with E-state index in [4.69, 9.17) is 18.0 Å². The monoisotopic (exact) mass is 502 g/mol. The van der Waals surface area contributed by atoms with Crippen molar-refractivity contribution in [3.63, 3.8) is 0 Å². The van der Waals surface area contributed by atoms with Crippen molar-refractivity contribution in [2.75, 3.05) is 18.0 Å². The Morgan fingerprint density at radius 3 is 2.32 bits per heavy atom. The summed E-state index contributed by atoms with van der Waals surface area (Å²) in [6, 6.07) is 3.60. The average Bonchev–Trinajstić information content (AvgIpc) is 3.12. The summed E-state index contributed by atoms with van der Waals surface area (Å²) in [7, 11) is 0. The summed E-state index contributed by atoms with van der Waals surface area (Å²) in [4.78, 5) is 28.2. The number of ether oxygens (including phenoxy) is 1. The first-order valence-electron chi connectivity index (χ1n) is 10.9. The molecule has 0 radical (unpaired) electrons. The number of primary amides is 1. The van der Waals surface area contributed by atoms with Crippen LogP contribution in [0.2, 0.25) is 0 Å². The van der Waals surface area contributed by atoms with Crippen LogP contribution < -0.4 is 20.7 Å². The number of carbonyl (C=O) groups excluding carboxylic acids is 2. The molecule has 5 N–H and O–H groups in total. The van der Waals surface area contributed by atoms with E-state index in [0.29, 0.717) is 31.6 Å². The number of halogens is 3. The maximum absolute atomic E-state index is 13.5. The zero-order valence-corrected chi connectivity index (χ0v) is 18.8. The molecule has 4 rings (SSSR count). The van der Waals surface area contributed by atoms with Crippen LogP contribution in [0.15, 0.2) is 24.3 Å². The third kappa shape index (κ3) is 4.77. The summed E-state index contributed by atoms with van der Waals surface area (Å²) in [6.07, 6.45) is -6.35. The highest BCUT2D eigenvalue weighted by molar-refractivity contribution is 7.80. The number of likely N-dealkylation sites (tertiary alicyclic amines) is 1. The Balaban J connectivity index is 1.59. The molecule has 2 saturated heterocycles. The topological polar surface area (TPSA) is 128 Å². The quantitative estimate of drug-likeness (QED) is 0.438. The molecular weight excluding hydrogens is 477 g/mol. The lowest BCUT2D eigenvalue weighted by molar-refractivity contribution is -0.274. The van der Waals surface area contributed by atoms with Crippen LogP contribution in [0.5, 0.6) is 5.75 Å². The summed E-state index contributed by atoms with van der Waals surface area (Å²) in [5.41, 5.74) is 5.78. The molecule has 3 fully saturated rings. The molecule has 0 spiro atoms. The van der Waals surface area contributed by atoms with Crippen molar-refractivity contribution in [1.82, 2.24) is 10.2 Å². The van der Waals surface area contributed by atoms with Gasteiger partial charge in [0.05, 0.1) is 24.1 Å². The minimum absolute atomic E-state index is 0.0209. The molecule has 2 amide bonds. The number of fused-ring (bicyclic) bond motifs is 1. The first kappa shape index (κ1) is 24.5. The first-order chi connectivity index (χ1) is 16.0. The van der Waals surface area contributed by atoms with E-state index in [9.17, 15) is 33.0 Å². The van der Waals surface area contributed by atoms with Gasteiger partial charge in [-0.15, -0.1) is 13.2 Å². The van der Waals surface area contributed by atoms with Gasteiger partial charge < -0.3 is 35.8 Å². The summed E-state index contributed by atoms with van der Waals surface area (Å²) in [6.45, 7) is 0.667. The van der Waals surface area contributed by atoms with Gasteiger partial charge in [-0.25, -0.2) is 0 Å². The number of aliphatic hydroxyl groups is 2. The van der Waals surface area contributed by atoms with Gasteiger partial charge in [0.25, 0.3) is 0 Å². The van der Waals surface area contributed by atoms with Gasteiger partial charge >= 0.3 is 6.36 Å². The summed E-state index contributed by atoms with van der Waals surface area (Å²) < 4.78 is 41.4. The molecule has 1 aliphatic carbocycles. The van der Waals surface area contributed by atoms with Gasteiger partial charge in [0.15, 0.2) is 5.11 Å². The third-order valence-electron chi connectivity index (χ3n) is 6.72. The predicted octanol–water partition coefficient (Wildman–Crippen LogP) is 0.482. The Morgan fingerprint density at radius 1 is 1.15 bits per heavy atom. The van der Waals surface area contributed by atoms with Crippen molar-refractivity contribution in [2.24, 2.45) is 17.6 Å². The van der Waals surface area contributed by atoms with E-state index in [2.05, 4.69) is 10.1 Å². The number of alkyl halides is 3. The fourth-order valence-electron chi connectivity index (χ4n) is 5.05. The smallest absolute Gasteiger partial charge is 0.406 e. The Kier molecular flexibility index (Phi) is 6.62. The molecule has 0 bridgehead atoms. The van der Waals surface area contributed by atoms with E-state index < -0.39 is 48.2 Å². The van der Waals surface area contributed by atoms with E-state index in [0.717, 1.165) is 12.1 Å². The van der Waals surface area contributed by atoms with Crippen molar-refractivity contribution in [3.05, 3.63) is 24.3 Å². The van der Waals surface area contributed by atoms with Crippen molar-refractivity contribution in [3.8, 4) is 5.75 Å². The molecule has 5 atom stereocenters. The molecular formula is C21H25F3N4O5S. The van der Waals surface area contributed by atoms with Gasteiger partial charge in [-0.3, -0.25) is 9.59 Å². The molecule has 1 saturated carbocycles. The zero-order valence-electron chi connectivity index (χ0n) is 17.9. The van der Waals surface area contributed by atoms with E-state index in [-0.39, 0.29) is 23.4 Å². The minimum atomic E-state index is -4.83. The second-order valence-corrected chi connectivity index (χ2v) is 9.17. The Morgan fingerprint density at radius 2 is 1.76 bits per heavy atom. The normalized spacial score (nSPS) is 30.0. The van der Waals surface area contributed by atoms with E-state index in [1.54, 1.807) is 9.80 Å². The number of nitrogens with zero attached hydrogens (tertiary/aromatic N) is 2. The number of carbonyl (C=O) groups is 2. The predicted molar refractivity (Wildman–Crippen MR) is 118 cm³/mol. The van der Waals surface area contributed by atoms with Crippen molar-refractivity contribution < 1.29 is 37.7 Å². The number of thiocarbonyl (C=S) groups is 1. The lowest BCUT2D eigenvalue weighted by Crippen LogP contribution is -2.61. The molecule has 0 aromatic heterocycles. The zero-order chi connectivity index (χ0) is 24.8. The molecule has 1 aromatic carbocycles. The van der Waals surface area contributed by atoms with E-state index in [1.165, 1.54) is 12.1 Å². The highest BCUT2D eigenvalue weighted by Crippen LogP contribution is 2.38. The molecule has 5 unspecified atom stereocenters. The fourth-order valence-corrected chi connectivity index (χ4v) is 5.42. The highest BCUT2D eigenvalue weighted by Gasteiger charge is 2.54. The van der Waals surface area contributed by atoms with Crippen molar-refractivity contribution in [2.45, 2.75) is 49.9 Å². The number of aliphatic hydroxyl groups excluding tert-OH is 2. The number of nitrogens with two attached hydrogens (primary N) is 1. The first-order valence-corrected chi connectivity index (χ1v) is 11.3. The third-order valence-corrected chi connectivity index (χ3v) is 7.03.